The molecular formula is C17H23NO4. The van der Waals surface area contributed by atoms with E-state index >= 15 is 0 Å². The van der Waals surface area contributed by atoms with Gasteiger partial charge in [-0.2, -0.15) is 0 Å². The van der Waals surface area contributed by atoms with Crippen molar-refractivity contribution in [3.05, 3.63) is 23.8 Å². The van der Waals surface area contributed by atoms with E-state index in [2.05, 4.69) is 0 Å². The van der Waals surface area contributed by atoms with E-state index in [1.165, 1.54) is 12.5 Å². The number of hydrogen-bond donors (Lipinski definition) is 2. The molecule has 0 unspecified atom stereocenters. The maximum atomic E-state index is 12.7. The van der Waals surface area contributed by atoms with Crippen LogP contribution in [0.5, 0.6) is 11.5 Å². The predicted octanol–water partition coefficient (Wildman–Crippen LogP) is 2.52. The summed E-state index contributed by atoms with van der Waals surface area (Å²) in [5.41, 5.74) is 0.240. The van der Waals surface area contributed by atoms with Gasteiger partial charge >= 0.3 is 0 Å². The second-order valence-electron chi connectivity index (χ2n) is 6.37. The van der Waals surface area contributed by atoms with Crippen LogP contribution in [0, 0.1) is 5.41 Å². The van der Waals surface area contributed by atoms with Gasteiger partial charge in [-0.1, -0.05) is 12.5 Å². The lowest BCUT2D eigenvalue weighted by Gasteiger charge is -2.63. The van der Waals surface area contributed by atoms with E-state index in [1.807, 2.05) is 6.92 Å². The molecule has 2 fully saturated rings. The molecule has 0 saturated heterocycles. The largest absolute Gasteiger partial charge is 0.504 e. The third-order valence-corrected chi connectivity index (χ3v) is 5.43. The van der Waals surface area contributed by atoms with Crippen molar-refractivity contribution in [3.63, 3.8) is 0 Å². The highest BCUT2D eigenvalue weighted by atomic mass is 16.5. The van der Waals surface area contributed by atoms with Crippen LogP contribution in [0.1, 0.15) is 43.0 Å². The molecule has 0 bridgehead atoms. The number of benzene rings is 1. The molecule has 1 aromatic carbocycles. The Hall–Kier alpha value is -1.75. The molecule has 2 saturated carbocycles. The van der Waals surface area contributed by atoms with Crippen LogP contribution in [0.15, 0.2) is 18.2 Å². The average molecular weight is 305 g/mol. The molecule has 1 amide bonds. The van der Waals surface area contributed by atoms with Crippen LogP contribution < -0.4 is 0 Å². The zero-order chi connectivity index (χ0) is 15.9. The molecule has 2 aliphatic carbocycles. The Morgan fingerprint density at radius 1 is 1.41 bits per heavy atom. The van der Waals surface area contributed by atoms with Gasteiger partial charge in [-0.15, -0.1) is 0 Å². The number of amides is 1. The van der Waals surface area contributed by atoms with Gasteiger partial charge in [-0.25, -0.2) is 0 Å². The fourth-order valence-corrected chi connectivity index (χ4v) is 3.98. The molecule has 0 radical (unpaired) electrons. The van der Waals surface area contributed by atoms with Crippen molar-refractivity contribution in [3.8, 4) is 11.5 Å². The molecule has 2 N–H and O–H groups in total. The van der Waals surface area contributed by atoms with Crippen LogP contribution >= 0.6 is 0 Å². The number of carbonyl (C=O) groups is 1. The summed E-state index contributed by atoms with van der Waals surface area (Å²) < 4.78 is 5.82. The van der Waals surface area contributed by atoms with Crippen molar-refractivity contribution in [2.24, 2.45) is 5.41 Å². The molecule has 2 aliphatic rings. The predicted molar refractivity (Wildman–Crippen MR) is 82.0 cm³/mol. The summed E-state index contributed by atoms with van der Waals surface area (Å²) in [6.45, 7) is 2.70. The van der Waals surface area contributed by atoms with E-state index in [9.17, 15) is 15.0 Å². The van der Waals surface area contributed by atoms with Crippen LogP contribution in [0.3, 0.4) is 0 Å². The van der Waals surface area contributed by atoms with Gasteiger partial charge in [0, 0.05) is 25.1 Å². The van der Waals surface area contributed by atoms with Gasteiger partial charge in [0.15, 0.2) is 11.5 Å². The maximum Gasteiger partial charge on any atom is 0.257 e. The summed E-state index contributed by atoms with van der Waals surface area (Å²) in [4.78, 5) is 14.4. The summed E-state index contributed by atoms with van der Waals surface area (Å²) in [7, 11) is 1.78. The molecule has 0 heterocycles. The van der Waals surface area contributed by atoms with Gasteiger partial charge in [0.05, 0.1) is 11.7 Å². The van der Waals surface area contributed by atoms with Gasteiger partial charge in [0.25, 0.3) is 5.91 Å². The first-order valence-electron chi connectivity index (χ1n) is 7.91. The normalized spacial score (nSPS) is 25.4. The number of para-hydroxylation sites is 1. The SMILES string of the molecule is CCO[C@H]1C[C@H](N(C)C(=O)c2cccc(O)c2O)C12CCC2. The fraction of sp³-hybridized carbons (Fsp3) is 0.588. The molecule has 0 aromatic heterocycles. The number of phenols is 2. The first kappa shape index (κ1) is 15.2. The molecule has 3 rings (SSSR count). The van der Waals surface area contributed by atoms with Crippen molar-refractivity contribution in [1.82, 2.24) is 4.90 Å². The van der Waals surface area contributed by atoms with E-state index in [1.54, 1.807) is 24.1 Å². The Kier molecular flexibility index (Phi) is 3.77. The highest BCUT2D eigenvalue weighted by molar-refractivity contribution is 5.97. The second kappa shape index (κ2) is 5.47. The number of carbonyl (C=O) groups excluding carboxylic acids is 1. The van der Waals surface area contributed by atoms with Gasteiger partial charge in [0.1, 0.15) is 0 Å². The van der Waals surface area contributed by atoms with Crippen molar-refractivity contribution in [2.45, 2.75) is 44.8 Å². The Bertz CT molecular complexity index is 582. The van der Waals surface area contributed by atoms with Gasteiger partial charge < -0.3 is 19.8 Å². The quantitative estimate of drug-likeness (QED) is 0.839. The Morgan fingerprint density at radius 3 is 2.73 bits per heavy atom. The summed E-state index contributed by atoms with van der Waals surface area (Å²) in [6, 6.07) is 4.62. The Labute approximate surface area is 130 Å². The lowest BCUT2D eigenvalue weighted by atomic mass is 9.50. The highest BCUT2D eigenvalue weighted by Gasteiger charge is 2.61. The Balaban J connectivity index is 1.78. The van der Waals surface area contributed by atoms with Crippen LogP contribution in [0.2, 0.25) is 0 Å². The number of rotatable bonds is 4. The van der Waals surface area contributed by atoms with Gasteiger partial charge in [-0.3, -0.25) is 4.79 Å². The molecule has 0 aliphatic heterocycles. The van der Waals surface area contributed by atoms with Gasteiger partial charge in [-0.05, 0) is 38.3 Å². The molecular weight excluding hydrogens is 282 g/mol. The van der Waals surface area contributed by atoms with Crippen molar-refractivity contribution in [1.29, 1.82) is 0 Å². The highest BCUT2D eigenvalue weighted by Crippen LogP contribution is 2.59. The number of aromatic hydroxyl groups is 2. The second-order valence-corrected chi connectivity index (χ2v) is 6.37. The zero-order valence-electron chi connectivity index (χ0n) is 13.1. The third kappa shape index (κ3) is 2.07. The monoisotopic (exact) mass is 305 g/mol. The standard InChI is InChI=1S/C17H23NO4/c1-3-22-14-10-13(17(14)8-5-9-17)18(2)16(21)11-6-4-7-12(19)15(11)20/h4,6-7,13-14,19-20H,3,5,8-10H2,1-2H3/t13-,14-/m0/s1. The number of nitrogens with zero attached hydrogens (tertiary/aromatic N) is 1. The summed E-state index contributed by atoms with van der Waals surface area (Å²) in [5, 5.41) is 19.5. The number of hydrogen-bond acceptors (Lipinski definition) is 4. The molecule has 1 aromatic rings. The van der Waals surface area contributed by atoms with E-state index in [0.29, 0.717) is 6.61 Å². The topological polar surface area (TPSA) is 70.0 Å². The minimum atomic E-state index is -0.345. The molecule has 2 atom stereocenters. The van der Waals surface area contributed by atoms with E-state index in [-0.39, 0.29) is 40.5 Å². The minimum absolute atomic E-state index is 0.0901. The van der Waals surface area contributed by atoms with Crippen LogP contribution in [-0.2, 0) is 4.74 Å². The van der Waals surface area contributed by atoms with Crippen LogP contribution in [-0.4, -0.2) is 46.8 Å². The maximum absolute atomic E-state index is 12.7. The first-order chi connectivity index (χ1) is 10.5. The van der Waals surface area contributed by atoms with Crippen molar-refractivity contribution >= 4 is 5.91 Å². The fourth-order valence-electron chi connectivity index (χ4n) is 3.98. The first-order valence-corrected chi connectivity index (χ1v) is 7.91. The molecule has 5 nitrogen and oxygen atoms in total. The van der Waals surface area contributed by atoms with Crippen LogP contribution in [0.25, 0.3) is 0 Å². The van der Waals surface area contributed by atoms with Crippen molar-refractivity contribution < 1.29 is 19.7 Å². The average Bonchev–Trinajstić information content (AvgIpc) is 2.43. The Morgan fingerprint density at radius 2 is 2.14 bits per heavy atom. The van der Waals surface area contributed by atoms with E-state index < -0.39 is 0 Å². The van der Waals surface area contributed by atoms with Crippen LogP contribution in [0.4, 0.5) is 0 Å². The summed E-state index contributed by atoms with van der Waals surface area (Å²) >= 11 is 0. The smallest absolute Gasteiger partial charge is 0.257 e. The lowest BCUT2D eigenvalue weighted by Crippen LogP contribution is -2.67. The summed E-state index contributed by atoms with van der Waals surface area (Å²) in [5.74, 6) is -0.860. The molecule has 120 valence electrons. The third-order valence-electron chi connectivity index (χ3n) is 5.43. The molecule has 22 heavy (non-hydrogen) atoms. The zero-order valence-corrected chi connectivity index (χ0v) is 13.1. The molecule has 1 spiro atoms. The summed E-state index contributed by atoms with van der Waals surface area (Å²) in [6.07, 6.45) is 4.44. The van der Waals surface area contributed by atoms with E-state index in [0.717, 1.165) is 19.3 Å². The lowest BCUT2D eigenvalue weighted by molar-refractivity contribution is -0.192. The number of ether oxygens (including phenoxy) is 1. The number of phenolic OH excluding ortho intramolecular Hbond substituents is 2. The minimum Gasteiger partial charge on any atom is -0.504 e. The molecule has 5 heteroatoms. The van der Waals surface area contributed by atoms with E-state index in [4.69, 9.17) is 4.74 Å². The van der Waals surface area contributed by atoms with Gasteiger partial charge in [0.2, 0.25) is 0 Å². The van der Waals surface area contributed by atoms with Crippen molar-refractivity contribution in [2.75, 3.05) is 13.7 Å².